The zero-order valence-corrected chi connectivity index (χ0v) is 13.2. The van der Waals surface area contributed by atoms with Crippen LogP contribution in [0, 0.1) is 0 Å². The number of benzene rings is 1. The van der Waals surface area contributed by atoms with E-state index in [1.54, 1.807) is 6.20 Å². The summed E-state index contributed by atoms with van der Waals surface area (Å²) in [7, 11) is 1.37. The number of nitrogens with zero attached hydrogens (tertiary/aromatic N) is 2. The van der Waals surface area contributed by atoms with Crippen LogP contribution in [0.4, 0.5) is 0 Å². The Kier molecular flexibility index (Phi) is 4.02. The van der Waals surface area contributed by atoms with E-state index in [1.807, 2.05) is 36.6 Å². The maximum absolute atomic E-state index is 12.1. The Hall–Kier alpha value is -2.08. The van der Waals surface area contributed by atoms with Crippen molar-refractivity contribution in [3.05, 3.63) is 42.1 Å². The van der Waals surface area contributed by atoms with Gasteiger partial charge in [0.2, 0.25) is 5.60 Å². The van der Waals surface area contributed by atoms with Crippen molar-refractivity contribution in [2.24, 2.45) is 5.16 Å². The SMILES string of the molecule is COC(=O)C1(CSC)CC(c2ccc3ncccc3c2)=NO1. The van der Waals surface area contributed by atoms with Gasteiger partial charge in [0.05, 0.1) is 18.3 Å². The van der Waals surface area contributed by atoms with Gasteiger partial charge in [-0.2, -0.15) is 11.8 Å². The molecule has 0 saturated heterocycles. The average Bonchev–Trinajstić information content (AvgIpc) is 2.99. The maximum Gasteiger partial charge on any atom is 0.354 e. The van der Waals surface area contributed by atoms with Crippen molar-refractivity contribution in [1.29, 1.82) is 0 Å². The quantitative estimate of drug-likeness (QED) is 0.812. The van der Waals surface area contributed by atoms with Crippen LogP contribution >= 0.6 is 11.8 Å². The molecule has 0 aliphatic carbocycles. The highest BCUT2D eigenvalue weighted by Gasteiger charge is 2.47. The van der Waals surface area contributed by atoms with Crippen molar-refractivity contribution in [2.45, 2.75) is 12.0 Å². The predicted molar refractivity (Wildman–Crippen MR) is 87.1 cm³/mol. The molecule has 1 aliphatic rings. The van der Waals surface area contributed by atoms with E-state index in [9.17, 15) is 4.79 Å². The second-order valence-electron chi connectivity index (χ2n) is 5.14. The van der Waals surface area contributed by atoms with Gasteiger partial charge < -0.3 is 9.57 Å². The third-order valence-electron chi connectivity index (χ3n) is 3.65. The number of oxime groups is 1. The first kappa shape index (κ1) is 14.8. The molecule has 5 nitrogen and oxygen atoms in total. The average molecular weight is 316 g/mol. The van der Waals surface area contributed by atoms with Crippen molar-refractivity contribution < 1.29 is 14.4 Å². The number of carbonyl (C=O) groups excluding carboxylic acids is 1. The lowest BCUT2D eigenvalue weighted by molar-refractivity contribution is -0.163. The second kappa shape index (κ2) is 5.96. The Morgan fingerprint density at radius 1 is 1.45 bits per heavy atom. The van der Waals surface area contributed by atoms with E-state index in [4.69, 9.17) is 9.57 Å². The number of hydrogen-bond donors (Lipinski definition) is 0. The van der Waals surface area contributed by atoms with Crippen LogP contribution in [-0.2, 0) is 14.4 Å². The Labute approximate surface area is 132 Å². The molecule has 0 amide bonds. The van der Waals surface area contributed by atoms with Crippen molar-refractivity contribution >= 4 is 34.3 Å². The van der Waals surface area contributed by atoms with E-state index in [-0.39, 0.29) is 5.97 Å². The molecule has 3 rings (SSSR count). The molecule has 0 saturated carbocycles. The van der Waals surface area contributed by atoms with Crippen LogP contribution in [-0.4, -0.2) is 41.4 Å². The number of fused-ring (bicyclic) bond motifs is 1. The van der Waals surface area contributed by atoms with Crippen LogP contribution in [0.3, 0.4) is 0 Å². The van der Waals surface area contributed by atoms with Gasteiger partial charge in [-0.15, -0.1) is 0 Å². The molecule has 2 heterocycles. The summed E-state index contributed by atoms with van der Waals surface area (Å²) in [6, 6.07) is 9.80. The van der Waals surface area contributed by atoms with Gasteiger partial charge in [-0.05, 0) is 24.5 Å². The van der Waals surface area contributed by atoms with Gasteiger partial charge in [0.1, 0.15) is 0 Å². The van der Waals surface area contributed by atoms with Gasteiger partial charge in [-0.1, -0.05) is 17.3 Å². The monoisotopic (exact) mass is 316 g/mol. The van der Waals surface area contributed by atoms with Crippen molar-refractivity contribution in [2.75, 3.05) is 19.1 Å². The second-order valence-corrected chi connectivity index (χ2v) is 6.00. The zero-order valence-electron chi connectivity index (χ0n) is 12.4. The first-order valence-corrected chi connectivity index (χ1v) is 8.25. The number of ether oxygens (including phenoxy) is 1. The number of aromatic nitrogens is 1. The topological polar surface area (TPSA) is 60.8 Å². The molecule has 0 N–H and O–H groups in total. The summed E-state index contributed by atoms with van der Waals surface area (Å²) in [5.74, 6) is 0.116. The molecule has 1 aliphatic heterocycles. The minimum atomic E-state index is -1.02. The first-order chi connectivity index (χ1) is 10.7. The largest absolute Gasteiger partial charge is 0.466 e. The van der Waals surface area contributed by atoms with Crippen LogP contribution in [0.25, 0.3) is 10.9 Å². The smallest absolute Gasteiger partial charge is 0.354 e. The minimum absolute atomic E-state index is 0.386. The Morgan fingerprint density at radius 2 is 2.32 bits per heavy atom. The van der Waals surface area contributed by atoms with E-state index in [0.29, 0.717) is 12.2 Å². The third-order valence-corrected chi connectivity index (χ3v) is 4.41. The molecule has 6 heteroatoms. The highest BCUT2D eigenvalue weighted by atomic mass is 32.2. The predicted octanol–water partition coefficient (Wildman–Crippen LogP) is 2.63. The number of hydrogen-bond acceptors (Lipinski definition) is 6. The van der Waals surface area contributed by atoms with Crippen molar-refractivity contribution in [3.8, 4) is 0 Å². The Morgan fingerprint density at radius 3 is 3.09 bits per heavy atom. The number of pyridine rings is 1. The number of esters is 1. The van der Waals surface area contributed by atoms with Crippen LogP contribution in [0.15, 0.2) is 41.7 Å². The molecule has 114 valence electrons. The van der Waals surface area contributed by atoms with E-state index < -0.39 is 5.60 Å². The fraction of sp³-hybridized carbons (Fsp3) is 0.312. The zero-order chi connectivity index (χ0) is 15.6. The molecule has 0 spiro atoms. The van der Waals surface area contributed by atoms with E-state index >= 15 is 0 Å². The third kappa shape index (κ3) is 2.54. The van der Waals surface area contributed by atoms with Gasteiger partial charge in [0, 0.05) is 29.3 Å². The standard InChI is InChI=1S/C16H16N2O3S/c1-20-15(19)16(10-22-2)9-14(18-21-16)12-5-6-13-11(8-12)4-3-7-17-13/h3-8H,9-10H2,1-2H3. The molecule has 22 heavy (non-hydrogen) atoms. The molecule has 0 radical (unpaired) electrons. The normalized spacial score (nSPS) is 20.5. The number of rotatable bonds is 4. The van der Waals surface area contributed by atoms with Gasteiger partial charge in [0.15, 0.2) is 0 Å². The number of methoxy groups -OCH3 is 1. The van der Waals surface area contributed by atoms with Crippen LogP contribution in [0.1, 0.15) is 12.0 Å². The minimum Gasteiger partial charge on any atom is -0.466 e. The molecule has 0 bridgehead atoms. The molecule has 1 atom stereocenters. The molecular formula is C16H16N2O3S. The summed E-state index contributed by atoms with van der Waals surface area (Å²) >= 11 is 1.53. The van der Waals surface area contributed by atoms with E-state index in [0.717, 1.165) is 22.2 Å². The fourth-order valence-electron chi connectivity index (χ4n) is 2.55. The molecule has 1 aromatic heterocycles. The molecular weight excluding hydrogens is 300 g/mol. The van der Waals surface area contributed by atoms with Gasteiger partial charge in [0.25, 0.3) is 0 Å². The lowest BCUT2D eigenvalue weighted by atomic mass is 9.95. The van der Waals surface area contributed by atoms with Gasteiger partial charge in [-0.3, -0.25) is 4.98 Å². The van der Waals surface area contributed by atoms with Crippen molar-refractivity contribution in [3.63, 3.8) is 0 Å². The summed E-state index contributed by atoms with van der Waals surface area (Å²) in [6.07, 6.45) is 4.10. The highest BCUT2D eigenvalue weighted by molar-refractivity contribution is 7.98. The summed E-state index contributed by atoms with van der Waals surface area (Å²) in [6.45, 7) is 0. The molecule has 1 unspecified atom stereocenters. The van der Waals surface area contributed by atoms with E-state index in [1.165, 1.54) is 18.9 Å². The lowest BCUT2D eigenvalue weighted by Gasteiger charge is -2.22. The van der Waals surface area contributed by atoms with Crippen LogP contribution in [0.5, 0.6) is 0 Å². The van der Waals surface area contributed by atoms with Crippen LogP contribution < -0.4 is 0 Å². The van der Waals surface area contributed by atoms with Gasteiger partial charge >= 0.3 is 5.97 Å². The van der Waals surface area contributed by atoms with Crippen LogP contribution in [0.2, 0.25) is 0 Å². The number of thioether (sulfide) groups is 1. The first-order valence-electron chi connectivity index (χ1n) is 6.86. The van der Waals surface area contributed by atoms with Crippen molar-refractivity contribution in [1.82, 2.24) is 4.98 Å². The molecule has 2 aromatic rings. The van der Waals surface area contributed by atoms with Gasteiger partial charge in [-0.25, -0.2) is 4.79 Å². The highest BCUT2D eigenvalue weighted by Crippen LogP contribution is 2.31. The molecule has 1 aromatic carbocycles. The number of carbonyl (C=O) groups is 1. The fourth-order valence-corrected chi connectivity index (χ4v) is 3.29. The maximum atomic E-state index is 12.1. The summed E-state index contributed by atoms with van der Waals surface area (Å²) in [4.78, 5) is 21.9. The summed E-state index contributed by atoms with van der Waals surface area (Å²) < 4.78 is 4.88. The Bertz CT molecular complexity index is 747. The Balaban J connectivity index is 1.90. The van der Waals surface area contributed by atoms with E-state index in [2.05, 4.69) is 10.1 Å². The molecule has 0 fully saturated rings. The lowest BCUT2D eigenvalue weighted by Crippen LogP contribution is -2.42. The summed E-state index contributed by atoms with van der Waals surface area (Å²) in [5.41, 5.74) is 1.60. The summed E-state index contributed by atoms with van der Waals surface area (Å²) in [5, 5.41) is 5.17.